The number of hydrogen-bond acceptors (Lipinski definition) is 2. The number of hydrogen-bond donors (Lipinski definition) is 0. The van der Waals surface area contributed by atoms with Crippen molar-refractivity contribution in [2.45, 2.75) is 0 Å². The van der Waals surface area contributed by atoms with Crippen molar-refractivity contribution in [2.24, 2.45) is 0 Å². The van der Waals surface area contributed by atoms with Gasteiger partial charge >= 0.3 is 0 Å². The lowest BCUT2D eigenvalue weighted by Gasteiger charge is -2.26. The fourth-order valence-electron chi connectivity index (χ4n) is 10.1. The number of para-hydroxylation sites is 1. The van der Waals surface area contributed by atoms with Gasteiger partial charge in [0.25, 0.3) is 0 Å². The summed E-state index contributed by atoms with van der Waals surface area (Å²) in [6.07, 6.45) is 0. The number of anilines is 3. The quantitative estimate of drug-likeness (QED) is 0.145. The van der Waals surface area contributed by atoms with E-state index in [-0.39, 0.29) is 0 Å². The highest BCUT2D eigenvalue weighted by Crippen LogP contribution is 2.43. The average molecular weight is 845 g/mol. The predicted molar refractivity (Wildman–Crippen MR) is 280 cm³/mol. The number of nitrogens with zero attached hydrogens (tertiary/aromatic N) is 2. The highest BCUT2D eigenvalue weighted by molar-refractivity contribution is 7.25. The molecule has 0 spiro atoms. The molecule has 0 unspecified atom stereocenters. The van der Waals surface area contributed by atoms with Crippen LogP contribution in [0.1, 0.15) is 0 Å². The van der Waals surface area contributed by atoms with Crippen LogP contribution >= 0.6 is 11.3 Å². The lowest BCUT2D eigenvalue weighted by molar-refractivity contribution is 1.19. The van der Waals surface area contributed by atoms with Crippen molar-refractivity contribution in [3.8, 4) is 39.1 Å². The van der Waals surface area contributed by atoms with Crippen LogP contribution in [0.25, 0.3) is 103 Å². The molecule has 2 aromatic heterocycles. The Hall–Kier alpha value is -8.24. The summed E-state index contributed by atoms with van der Waals surface area (Å²) in [5, 5.41) is 10.2. The first-order valence-corrected chi connectivity index (χ1v) is 23.1. The molecule has 0 amide bonds. The van der Waals surface area contributed by atoms with Crippen molar-refractivity contribution in [3.63, 3.8) is 0 Å². The molecule has 304 valence electrons. The molecule has 0 fully saturated rings. The van der Waals surface area contributed by atoms with Gasteiger partial charge in [0.2, 0.25) is 0 Å². The molecule has 11 aromatic carbocycles. The fourth-order valence-corrected chi connectivity index (χ4v) is 11.2. The zero-order valence-electron chi connectivity index (χ0n) is 35.4. The van der Waals surface area contributed by atoms with Gasteiger partial charge in [-0.15, -0.1) is 11.3 Å². The summed E-state index contributed by atoms with van der Waals surface area (Å²) < 4.78 is 5.08. The topological polar surface area (TPSA) is 8.17 Å². The van der Waals surface area contributed by atoms with Gasteiger partial charge in [-0.2, -0.15) is 0 Å². The monoisotopic (exact) mass is 844 g/mol. The minimum atomic E-state index is 1.09. The van der Waals surface area contributed by atoms with Crippen molar-refractivity contribution in [1.29, 1.82) is 0 Å². The lowest BCUT2D eigenvalue weighted by Crippen LogP contribution is -2.10. The van der Waals surface area contributed by atoms with Crippen molar-refractivity contribution >= 4 is 91.9 Å². The summed E-state index contributed by atoms with van der Waals surface area (Å²) in [5.74, 6) is 0. The first-order valence-electron chi connectivity index (χ1n) is 22.2. The van der Waals surface area contributed by atoms with Crippen molar-refractivity contribution < 1.29 is 0 Å². The molecule has 0 aliphatic rings. The lowest BCUT2D eigenvalue weighted by atomic mass is 9.97. The molecule has 2 heterocycles. The summed E-state index contributed by atoms with van der Waals surface area (Å²) in [6, 6.07) is 89.0. The first kappa shape index (κ1) is 37.3. The van der Waals surface area contributed by atoms with E-state index in [4.69, 9.17) is 0 Å². The molecule has 0 saturated carbocycles. The second-order valence-electron chi connectivity index (χ2n) is 16.9. The Balaban J connectivity index is 0.932. The summed E-state index contributed by atoms with van der Waals surface area (Å²) in [6.45, 7) is 0. The Morgan fingerprint density at radius 1 is 0.308 bits per heavy atom. The van der Waals surface area contributed by atoms with Crippen molar-refractivity contribution in [3.05, 3.63) is 243 Å². The maximum atomic E-state index is 2.45. The Morgan fingerprint density at radius 3 is 1.74 bits per heavy atom. The Morgan fingerprint density at radius 2 is 0.908 bits per heavy atom. The SMILES string of the molecule is c1ccc(-c2ccc(N(c3ccc(-c4ccc5c(ccc6ccccc65)c4)cc3)c3cccc(-c4cccc5c4c4ccccc4n5-c4ccc5sc6ccccc6c5c4)c3)cc2)cc1. The van der Waals surface area contributed by atoms with Gasteiger partial charge in [0, 0.05) is 53.7 Å². The molecule has 0 radical (unpaired) electrons. The number of rotatable bonds is 7. The summed E-state index contributed by atoms with van der Waals surface area (Å²) >= 11 is 1.86. The third kappa shape index (κ3) is 6.31. The van der Waals surface area contributed by atoms with Gasteiger partial charge in [0.1, 0.15) is 0 Å². The maximum Gasteiger partial charge on any atom is 0.0547 e. The van der Waals surface area contributed by atoms with Crippen LogP contribution in [0.5, 0.6) is 0 Å². The van der Waals surface area contributed by atoms with E-state index in [1.807, 2.05) is 11.3 Å². The smallest absolute Gasteiger partial charge is 0.0547 e. The molecule has 3 heteroatoms. The van der Waals surface area contributed by atoms with Crippen LogP contribution in [0.15, 0.2) is 243 Å². The predicted octanol–water partition coefficient (Wildman–Crippen LogP) is 17.9. The zero-order valence-corrected chi connectivity index (χ0v) is 36.2. The third-order valence-electron chi connectivity index (χ3n) is 13.2. The summed E-state index contributed by atoms with van der Waals surface area (Å²) in [7, 11) is 0. The van der Waals surface area contributed by atoms with E-state index in [2.05, 4.69) is 252 Å². The van der Waals surface area contributed by atoms with E-state index in [9.17, 15) is 0 Å². The van der Waals surface area contributed by atoms with E-state index in [0.717, 1.165) is 17.1 Å². The molecular formula is C62H40N2S. The van der Waals surface area contributed by atoms with Gasteiger partial charge in [-0.25, -0.2) is 0 Å². The molecule has 65 heavy (non-hydrogen) atoms. The van der Waals surface area contributed by atoms with Gasteiger partial charge in [0.05, 0.1) is 11.0 Å². The van der Waals surface area contributed by atoms with Crippen LogP contribution < -0.4 is 4.90 Å². The van der Waals surface area contributed by atoms with Crippen molar-refractivity contribution in [2.75, 3.05) is 4.90 Å². The number of fused-ring (bicyclic) bond motifs is 9. The van der Waals surface area contributed by atoms with Crippen LogP contribution in [0.3, 0.4) is 0 Å². The molecule has 0 aliphatic carbocycles. The van der Waals surface area contributed by atoms with Crippen molar-refractivity contribution in [1.82, 2.24) is 4.57 Å². The average Bonchev–Trinajstić information content (AvgIpc) is 3.92. The zero-order chi connectivity index (χ0) is 42.8. The molecular weight excluding hydrogens is 805 g/mol. The van der Waals surface area contributed by atoms with Gasteiger partial charge in [-0.1, -0.05) is 164 Å². The molecule has 13 rings (SSSR count). The standard InChI is InChI=1S/C62H40N2S/c1-2-12-41(13-3-1)42-26-31-48(32-27-42)63(49-33-28-43(29-34-49)45-30-36-53-47(38-45)25-24-44-14-4-5-17-52(44)53)50-16-10-15-46(39-50)54-20-11-22-59-62(54)56-19-6-8-21-58(56)64(59)51-35-37-61-57(40-51)55-18-7-9-23-60(55)65-61/h1-40H. The minimum Gasteiger partial charge on any atom is -0.310 e. The van der Waals surface area contributed by atoms with Gasteiger partial charge in [-0.3, -0.25) is 0 Å². The normalized spacial score (nSPS) is 11.7. The van der Waals surface area contributed by atoms with E-state index >= 15 is 0 Å². The molecule has 13 aromatic rings. The van der Waals surface area contributed by atoms with Crippen LogP contribution in [0, 0.1) is 0 Å². The van der Waals surface area contributed by atoms with E-state index < -0.39 is 0 Å². The minimum absolute atomic E-state index is 1.09. The summed E-state index contributed by atoms with van der Waals surface area (Å²) in [5.41, 5.74) is 14.0. The Labute approximate surface area is 381 Å². The molecule has 0 saturated heterocycles. The molecule has 0 N–H and O–H groups in total. The van der Waals surface area contributed by atoms with E-state index in [1.54, 1.807) is 0 Å². The van der Waals surface area contributed by atoms with Gasteiger partial charge in [0.15, 0.2) is 0 Å². The number of thiophene rings is 1. The molecule has 0 aliphatic heterocycles. The van der Waals surface area contributed by atoms with E-state index in [0.29, 0.717) is 0 Å². The third-order valence-corrected chi connectivity index (χ3v) is 14.3. The second kappa shape index (κ2) is 15.2. The molecule has 0 bridgehead atoms. The van der Waals surface area contributed by atoms with Crippen LogP contribution in [0.2, 0.25) is 0 Å². The van der Waals surface area contributed by atoms with Crippen LogP contribution in [-0.4, -0.2) is 4.57 Å². The van der Waals surface area contributed by atoms with Crippen LogP contribution in [0.4, 0.5) is 17.1 Å². The van der Waals surface area contributed by atoms with Gasteiger partial charge in [-0.05, 0) is 134 Å². The highest BCUT2D eigenvalue weighted by atomic mass is 32.1. The largest absolute Gasteiger partial charge is 0.310 e. The maximum absolute atomic E-state index is 2.45. The van der Waals surface area contributed by atoms with Crippen LogP contribution in [-0.2, 0) is 0 Å². The van der Waals surface area contributed by atoms with E-state index in [1.165, 1.54) is 103 Å². The Bertz CT molecular complexity index is 3930. The Kier molecular flexibility index (Phi) is 8.75. The summed E-state index contributed by atoms with van der Waals surface area (Å²) in [4.78, 5) is 2.39. The fraction of sp³-hybridized carbons (Fsp3) is 0. The number of aromatic nitrogens is 1. The second-order valence-corrected chi connectivity index (χ2v) is 18.0. The highest BCUT2D eigenvalue weighted by Gasteiger charge is 2.19. The van der Waals surface area contributed by atoms with Gasteiger partial charge < -0.3 is 9.47 Å². The first-order chi connectivity index (χ1) is 32.2. The number of benzene rings is 11. The molecule has 0 atom stereocenters. The molecule has 2 nitrogen and oxygen atoms in total.